The van der Waals surface area contributed by atoms with Crippen LogP contribution in [0.1, 0.15) is 129 Å². The van der Waals surface area contributed by atoms with Crippen molar-refractivity contribution in [1.29, 1.82) is 0 Å². The Hall–Kier alpha value is 1.51. The van der Waals surface area contributed by atoms with E-state index in [0.29, 0.717) is 12.8 Å². The van der Waals surface area contributed by atoms with Gasteiger partial charge in [-0.15, -0.1) is 0 Å². The fraction of sp³-hybridized carbons (Fsp3) is 1.00. The van der Waals surface area contributed by atoms with Crippen molar-refractivity contribution >= 4 is 10.1 Å². The molecule has 0 amide bonds. The predicted molar refractivity (Wildman–Crippen MR) is 114 cm³/mol. The van der Waals surface area contributed by atoms with Crippen molar-refractivity contribution in [3.8, 4) is 0 Å². The maximum absolute atomic E-state index is 11.2. The minimum Gasteiger partial charge on any atom is -0.748 e. The van der Waals surface area contributed by atoms with Crippen molar-refractivity contribution in [1.82, 2.24) is 0 Å². The first-order valence-electron chi connectivity index (χ1n) is 11.6. The van der Waals surface area contributed by atoms with Crippen LogP contribution in [0.4, 0.5) is 0 Å². The topological polar surface area (TPSA) is 77.4 Å². The van der Waals surface area contributed by atoms with Crippen LogP contribution in [0.3, 0.4) is 0 Å². The first-order chi connectivity index (χ1) is 12.9. The molecule has 6 heteroatoms. The third-order valence-electron chi connectivity index (χ3n) is 5.48. The minimum atomic E-state index is -4.40. The number of aliphatic hydroxyl groups excluding tert-OH is 1. The molecule has 0 heterocycles. The standard InChI is InChI=1S/C22H46O4S.K/c1-3-5-6-7-8-9-10-11-12-13-14-15-16-17-18-20-21(23)22(19-4-2)27(24,25)26;/h21-23H,3-20H2,1-2H3,(H,24,25,26);/q;+1/p-1. The molecular formula is C22H45KO4S. The third kappa shape index (κ3) is 19.5. The largest absolute Gasteiger partial charge is 1.00 e. The molecule has 0 aromatic carbocycles. The number of hydrogen-bond acceptors (Lipinski definition) is 4. The van der Waals surface area contributed by atoms with Crippen molar-refractivity contribution in [2.45, 2.75) is 141 Å². The van der Waals surface area contributed by atoms with Crippen molar-refractivity contribution in [3.63, 3.8) is 0 Å². The summed E-state index contributed by atoms with van der Waals surface area (Å²) < 4.78 is 33.6. The molecule has 2 unspecified atom stereocenters. The molecule has 0 aliphatic carbocycles. The summed E-state index contributed by atoms with van der Waals surface area (Å²) in [4.78, 5) is 0. The zero-order valence-electron chi connectivity index (χ0n) is 19.0. The molecule has 0 aliphatic rings. The van der Waals surface area contributed by atoms with Gasteiger partial charge in [0, 0.05) is 0 Å². The molecule has 0 rings (SSSR count). The van der Waals surface area contributed by atoms with Gasteiger partial charge in [0.1, 0.15) is 10.1 Å². The Kier molecular flexibility index (Phi) is 24.6. The van der Waals surface area contributed by atoms with E-state index in [1.165, 1.54) is 77.0 Å². The van der Waals surface area contributed by atoms with Gasteiger partial charge in [0.15, 0.2) is 0 Å². The van der Waals surface area contributed by atoms with Gasteiger partial charge in [0.05, 0.1) is 11.4 Å². The number of hydrogen-bond donors (Lipinski definition) is 1. The first-order valence-corrected chi connectivity index (χ1v) is 13.0. The molecule has 0 fully saturated rings. The van der Waals surface area contributed by atoms with Gasteiger partial charge in [-0.05, 0) is 12.8 Å². The van der Waals surface area contributed by atoms with Crippen LogP contribution in [0.2, 0.25) is 0 Å². The molecule has 0 saturated heterocycles. The SMILES string of the molecule is CCCCCCCCCCCCCCCCCC(O)C(CCC)S(=O)(=O)[O-].[K+]. The van der Waals surface area contributed by atoms with E-state index < -0.39 is 21.5 Å². The summed E-state index contributed by atoms with van der Waals surface area (Å²) in [7, 11) is -4.40. The molecule has 164 valence electrons. The van der Waals surface area contributed by atoms with Crippen molar-refractivity contribution in [3.05, 3.63) is 0 Å². The molecule has 0 spiro atoms. The van der Waals surface area contributed by atoms with Gasteiger partial charge in [-0.1, -0.05) is 117 Å². The Labute approximate surface area is 218 Å². The van der Waals surface area contributed by atoms with E-state index in [1.807, 2.05) is 6.92 Å². The second-order valence-electron chi connectivity index (χ2n) is 8.13. The van der Waals surface area contributed by atoms with Crippen molar-refractivity contribution in [2.24, 2.45) is 0 Å². The average Bonchev–Trinajstić information content (AvgIpc) is 2.61. The van der Waals surface area contributed by atoms with Crippen LogP contribution in [0, 0.1) is 0 Å². The smallest absolute Gasteiger partial charge is 0.748 e. The first kappa shape index (κ1) is 31.7. The van der Waals surface area contributed by atoms with E-state index in [2.05, 4.69) is 6.92 Å². The van der Waals surface area contributed by atoms with Gasteiger partial charge in [-0.3, -0.25) is 0 Å². The van der Waals surface area contributed by atoms with Gasteiger partial charge in [0.25, 0.3) is 0 Å². The zero-order valence-corrected chi connectivity index (χ0v) is 22.9. The number of aliphatic hydroxyl groups is 1. The summed E-state index contributed by atoms with van der Waals surface area (Å²) in [6.45, 7) is 4.09. The summed E-state index contributed by atoms with van der Waals surface area (Å²) in [5.41, 5.74) is 0. The predicted octanol–water partition coefficient (Wildman–Crippen LogP) is 3.33. The molecule has 1 N–H and O–H groups in total. The Morgan fingerprint density at radius 1 is 0.643 bits per heavy atom. The minimum absolute atomic E-state index is 0. The van der Waals surface area contributed by atoms with Crippen LogP contribution < -0.4 is 51.4 Å². The van der Waals surface area contributed by atoms with Crippen molar-refractivity contribution < 1.29 is 69.5 Å². The quantitative estimate of drug-likeness (QED) is 0.177. The third-order valence-corrected chi connectivity index (χ3v) is 6.77. The Morgan fingerprint density at radius 3 is 1.32 bits per heavy atom. The molecule has 2 atom stereocenters. The fourth-order valence-corrected chi connectivity index (χ4v) is 4.77. The molecule has 0 aromatic heterocycles. The van der Waals surface area contributed by atoms with Gasteiger partial charge < -0.3 is 9.66 Å². The van der Waals surface area contributed by atoms with Gasteiger partial charge in [0.2, 0.25) is 0 Å². The monoisotopic (exact) mass is 444 g/mol. The maximum atomic E-state index is 11.2. The second-order valence-corrected chi connectivity index (χ2v) is 9.72. The normalized spacial score (nSPS) is 13.9. The van der Waals surface area contributed by atoms with Crippen LogP contribution in [-0.2, 0) is 10.1 Å². The summed E-state index contributed by atoms with van der Waals surface area (Å²) >= 11 is 0. The van der Waals surface area contributed by atoms with Gasteiger partial charge >= 0.3 is 51.4 Å². The molecular weight excluding hydrogens is 399 g/mol. The summed E-state index contributed by atoms with van der Waals surface area (Å²) in [6, 6.07) is 0. The second kappa shape index (κ2) is 21.7. The van der Waals surface area contributed by atoms with E-state index in [1.54, 1.807) is 0 Å². The van der Waals surface area contributed by atoms with Crippen LogP contribution >= 0.6 is 0 Å². The summed E-state index contributed by atoms with van der Waals surface area (Å²) in [5.74, 6) is 0. The molecule has 4 nitrogen and oxygen atoms in total. The van der Waals surface area contributed by atoms with Crippen LogP contribution in [0.25, 0.3) is 0 Å². The van der Waals surface area contributed by atoms with Gasteiger partial charge in [-0.25, -0.2) is 8.42 Å². The molecule has 0 radical (unpaired) electrons. The molecule has 28 heavy (non-hydrogen) atoms. The van der Waals surface area contributed by atoms with Gasteiger partial charge in [-0.2, -0.15) is 0 Å². The number of rotatable bonds is 20. The van der Waals surface area contributed by atoms with E-state index in [4.69, 9.17) is 0 Å². The van der Waals surface area contributed by atoms with Crippen LogP contribution in [-0.4, -0.2) is 29.4 Å². The molecule has 0 aliphatic heterocycles. The molecule has 0 aromatic rings. The van der Waals surface area contributed by atoms with E-state index >= 15 is 0 Å². The fourth-order valence-electron chi connectivity index (χ4n) is 3.72. The molecule has 0 bridgehead atoms. The average molecular weight is 445 g/mol. The Balaban J connectivity index is 0. The number of unbranched alkanes of at least 4 members (excludes halogenated alkanes) is 14. The van der Waals surface area contributed by atoms with E-state index in [0.717, 1.165) is 19.3 Å². The molecule has 0 saturated carbocycles. The summed E-state index contributed by atoms with van der Waals surface area (Å²) in [6.07, 6.45) is 19.4. The van der Waals surface area contributed by atoms with Crippen LogP contribution in [0.15, 0.2) is 0 Å². The maximum Gasteiger partial charge on any atom is 1.00 e. The van der Waals surface area contributed by atoms with Crippen LogP contribution in [0.5, 0.6) is 0 Å². The van der Waals surface area contributed by atoms with E-state index in [9.17, 15) is 18.1 Å². The Morgan fingerprint density at radius 2 is 1.00 bits per heavy atom. The van der Waals surface area contributed by atoms with Crippen molar-refractivity contribution in [2.75, 3.05) is 0 Å². The summed E-state index contributed by atoms with van der Waals surface area (Å²) in [5, 5.41) is 8.87. The Bertz CT molecular complexity index is 415. The zero-order chi connectivity index (χ0) is 20.4. The van der Waals surface area contributed by atoms with E-state index in [-0.39, 0.29) is 57.8 Å².